The second kappa shape index (κ2) is 6.38. The van der Waals surface area contributed by atoms with Gasteiger partial charge in [-0.25, -0.2) is 4.98 Å². The first kappa shape index (κ1) is 14.3. The van der Waals surface area contributed by atoms with Crippen molar-refractivity contribution in [2.24, 2.45) is 0 Å². The van der Waals surface area contributed by atoms with Gasteiger partial charge < -0.3 is 15.0 Å². The molecule has 0 saturated carbocycles. The molecule has 2 aromatic heterocycles. The lowest BCUT2D eigenvalue weighted by Crippen LogP contribution is -2.27. The van der Waals surface area contributed by atoms with E-state index in [1.807, 2.05) is 6.92 Å². The van der Waals surface area contributed by atoms with Crippen molar-refractivity contribution in [1.82, 2.24) is 19.9 Å². The topological polar surface area (TPSA) is 97.1 Å². The van der Waals surface area contributed by atoms with Gasteiger partial charge in [0.15, 0.2) is 5.16 Å². The molecule has 0 spiro atoms. The lowest BCUT2D eigenvalue weighted by Gasteiger charge is -2.07. The van der Waals surface area contributed by atoms with Crippen LogP contribution in [-0.4, -0.2) is 43.8 Å². The highest BCUT2D eigenvalue weighted by atomic mass is 32.2. The molecule has 106 valence electrons. The quantitative estimate of drug-likeness (QED) is 0.763. The number of thioether (sulfide) groups is 1. The Balaban J connectivity index is 2.33. The van der Waals surface area contributed by atoms with E-state index < -0.39 is 5.97 Å². The highest BCUT2D eigenvalue weighted by Crippen LogP contribution is 2.23. The molecular formula is C12H14N4O3S. The summed E-state index contributed by atoms with van der Waals surface area (Å²) in [6.45, 7) is 2.49. The minimum atomic E-state index is -0.926. The third-order valence-corrected chi connectivity index (χ3v) is 3.48. The fourth-order valence-corrected chi connectivity index (χ4v) is 2.48. The number of hydrogen-bond acceptors (Lipinski definition) is 5. The van der Waals surface area contributed by atoms with E-state index in [1.165, 1.54) is 0 Å². The molecule has 7 nitrogen and oxygen atoms in total. The molecule has 1 amide bonds. The number of amides is 1. The number of carboxylic acids is 1. The van der Waals surface area contributed by atoms with Crippen molar-refractivity contribution in [3.63, 3.8) is 0 Å². The van der Waals surface area contributed by atoms with Crippen molar-refractivity contribution in [2.75, 3.05) is 12.3 Å². The Bertz CT molecular complexity index is 641. The Morgan fingerprint density at radius 1 is 1.50 bits per heavy atom. The lowest BCUT2D eigenvalue weighted by molar-refractivity contribution is -0.133. The van der Waals surface area contributed by atoms with Crippen LogP contribution in [0, 0.1) is 0 Å². The first-order valence-corrected chi connectivity index (χ1v) is 7.02. The summed E-state index contributed by atoms with van der Waals surface area (Å²) in [5, 5.41) is 12.0. The van der Waals surface area contributed by atoms with E-state index in [9.17, 15) is 9.59 Å². The maximum Gasteiger partial charge on any atom is 0.313 e. The number of likely N-dealkylation sites (N-methyl/N-ethyl adjacent to an activating group) is 1. The molecule has 0 fully saturated rings. The zero-order chi connectivity index (χ0) is 14.5. The summed E-state index contributed by atoms with van der Waals surface area (Å²) in [5.74, 6) is -1.17. The van der Waals surface area contributed by atoms with Gasteiger partial charge in [0.1, 0.15) is 12.1 Å². The molecule has 2 N–H and O–H groups in total. The van der Waals surface area contributed by atoms with Crippen LogP contribution in [0.5, 0.6) is 0 Å². The van der Waals surface area contributed by atoms with Crippen molar-refractivity contribution >= 4 is 34.7 Å². The van der Waals surface area contributed by atoms with Gasteiger partial charge in [-0.05, 0) is 13.0 Å². The number of pyridine rings is 1. The largest absolute Gasteiger partial charge is 0.481 e. The summed E-state index contributed by atoms with van der Waals surface area (Å²) in [6, 6.07) is 1.76. The van der Waals surface area contributed by atoms with Crippen molar-refractivity contribution in [1.29, 1.82) is 0 Å². The summed E-state index contributed by atoms with van der Waals surface area (Å²) < 4.78 is 1.70. The van der Waals surface area contributed by atoms with Crippen LogP contribution in [0.15, 0.2) is 23.6 Å². The van der Waals surface area contributed by atoms with Crippen LogP contribution in [0.3, 0.4) is 0 Å². The number of carboxylic acid groups (broad SMARTS) is 1. The Hall–Kier alpha value is -2.09. The molecule has 0 aromatic carbocycles. The first-order valence-electron chi connectivity index (χ1n) is 6.03. The van der Waals surface area contributed by atoms with Crippen LogP contribution in [0.2, 0.25) is 0 Å². The van der Waals surface area contributed by atoms with Crippen molar-refractivity contribution in [3.05, 3.63) is 18.5 Å². The van der Waals surface area contributed by atoms with E-state index in [2.05, 4.69) is 15.3 Å². The van der Waals surface area contributed by atoms with E-state index in [0.29, 0.717) is 17.2 Å². The number of carbonyl (C=O) groups is 2. The molecule has 2 aromatic rings. The molecule has 0 bridgehead atoms. The standard InChI is InChI=1S/C12H14N4O3S/c1-2-14-10(17)6-16-9-3-4-13-5-8(9)15-12(16)20-7-11(18)19/h3-5H,2,6-7H2,1H3,(H,14,17)(H,18,19). The summed E-state index contributed by atoms with van der Waals surface area (Å²) in [6.07, 6.45) is 3.21. The van der Waals surface area contributed by atoms with E-state index in [-0.39, 0.29) is 18.2 Å². The Morgan fingerprint density at radius 3 is 3.00 bits per heavy atom. The number of aliphatic carboxylic acids is 1. The molecule has 2 rings (SSSR count). The van der Waals surface area contributed by atoms with E-state index in [1.54, 1.807) is 23.0 Å². The minimum absolute atomic E-state index is 0.105. The fraction of sp³-hybridized carbons (Fsp3) is 0.333. The average molecular weight is 294 g/mol. The third-order valence-electron chi connectivity index (χ3n) is 2.52. The maximum atomic E-state index is 11.7. The molecule has 0 aliphatic carbocycles. The van der Waals surface area contributed by atoms with Gasteiger partial charge in [0.05, 0.1) is 17.5 Å². The number of rotatable bonds is 6. The average Bonchev–Trinajstić information content (AvgIpc) is 2.75. The molecule has 2 heterocycles. The maximum absolute atomic E-state index is 11.7. The lowest BCUT2D eigenvalue weighted by atomic mass is 10.4. The van der Waals surface area contributed by atoms with Crippen molar-refractivity contribution in [2.45, 2.75) is 18.6 Å². The minimum Gasteiger partial charge on any atom is -0.481 e. The zero-order valence-electron chi connectivity index (χ0n) is 10.9. The van der Waals surface area contributed by atoms with Gasteiger partial charge in [-0.1, -0.05) is 11.8 Å². The van der Waals surface area contributed by atoms with Crippen molar-refractivity contribution in [3.8, 4) is 0 Å². The van der Waals surface area contributed by atoms with Gasteiger partial charge in [-0.3, -0.25) is 14.6 Å². The van der Waals surface area contributed by atoms with Gasteiger partial charge in [0.25, 0.3) is 0 Å². The van der Waals surface area contributed by atoms with Gasteiger partial charge in [-0.2, -0.15) is 0 Å². The summed E-state index contributed by atoms with van der Waals surface area (Å²) in [4.78, 5) is 30.7. The van der Waals surface area contributed by atoms with Crippen LogP contribution >= 0.6 is 11.8 Å². The van der Waals surface area contributed by atoms with Gasteiger partial charge >= 0.3 is 5.97 Å². The smallest absolute Gasteiger partial charge is 0.313 e. The fourth-order valence-electron chi connectivity index (χ4n) is 1.75. The SMILES string of the molecule is CCNC(=O)Cn1c(SCC(=O)O)nc2cnccc21. The number of hydrogen-bond donors (Lipinski definition) is 2. The van der Waals surface area contributed by atoms with E-state index in [0.717, 1.165) is 17.3 Å². The predicted octanol–water partition coefficient (Wildman–Crippen LogP) is 0.744. The number of nitrogens with one attached hydrogen (secondary N) is 1. The monoisotopic (exact) mass is 294 g/mol. The Morgan fingerprint density at radius 2 is 2.30 bits per heavy atom. The molecule has 0 atom stereocenters. The van der Waals surface area contributed by atoms with E-state index in [4.69, 9.17) is 5.11 Å². The van der Waals surface area contributed by atoms with Gasteiger partial charge in [0.2, 0.25) is 5.91 Å². The number of carbonyl (C=O) groups excluding carboxylic acids is 1. The highest BCUT2D eigenvalue weighted by molar-refractivity contribution is 7.99. The Kier molecular flexibility index (Phi) is 4.57. The Labute approximate surface area is 119 Å². The number of nitrogens with zero attached hydrogens (tertiary/aromatic N) is 3. The number of imidazole rings is 1. The third kappa shape index (κ3) is 3.27. The molecule has 0 radical (unpaired) electrons. The van der Waals surface area contributed by atoms with Crippen LogP contribution in [0.4, 0.5) is 0 Å². The summed E-state index contributed by atoms with van der Waals surface area (Å²) in [5.41, 5.74) is 1.41. The normalized spacial score (nSPS) is 10.7. The summed E-state index contributed by atoms with van der Waals surface area (Å²) >= 11 is 1.09. The van der Waals surface area contributed by atoms with Crippen molar-refractivity contribution < 1.29 is 14.7 Å². The second-order valence-electron chi connectivity index (χ2n) is 3.98. The number of fused-ring (bicyclic) bond motifs is 1. The number of aromatic nitrogens is 3. The van der Waals surface area contributed by atoms with Crippen LogP contribution in [-0.2, 0) is 16.1 Å². The summed E-state index contributed by atoms with van der Waals surface area (Å²) in [7, 11) is 0. The van der Waals surface area contributed by atoms with E-state index >= 15 is 0 Å². The zero-order valence-corrected chi connectivity index (χ0v) is 11.7. The predicted molar refractivity (Wildman–Crippen MR) is 74.6 cm³/mol. The van der Waals surface area contributed by atoms with Crippen LogP contribution in [0.25, 0.3) is 11.0 Å². The molecule has 20 heavy (non-hydrogen) atoms. The van der Waals surface area contributed by atoms with Gasteiger partial charge in [0, 0.05) is 12.7 Å². The first-order chi connectivity index (χ1) is 9.61. The van der Waals surface area contributed by atoms with Gasteiger partial charge in [-0.15, -0.1) is 0 Å². The molecular weight excluding hydrogens is 280 g/mol. The highest BCUT2D eigenvalue weighted by Gasteiger charge is 2.14. The molecule has 8 heteroatoms. The molecule has 0 aliphatic rings. The second-order valence-corrected chi connectivity index (χ2v) is 4.92. The van der Waals surface area contributed by atoms with Crippen LogP contribution in [0.1, 0.15) is 6.92 Å². The molecule has 0 aliphatic heterocycles. The molecule has 0 saturated heterocycles. The molecule has 0 unspecified atom stereocenters. The van der Waals surface area contributed by atoms with Crippen LogP contribution < -0.4 is 5.32 Å².